The van der Waals surface area contributed by atoms with Gasteiger partial charge in [-0.15, -0.1) is 0 Å². The van der Waals surface area contributed by atoms with E-state index in [1.54, 1.807) is 31.4 Å². The molecule has 0 aromatic heterocycles. The summed E-state index contributed by atoms with van der Waals surface area (Å²) in [4.78, 5) is 0.150. The summed E-state index contributed by atoms with van der Waals surface area (Å²) in [6.45, 7) is 2.53. The molecule has 0 fully saturated rings. The van der Waals surface area contributed by atoms with E-state index in [0.29, 0.717) is 12.4 Å². The molecular formula is C16H18O4S. The Hall–Kier alpha value is -1.85. The van der Waals surface area contributed by atoms with Gasteiger partial charge in [-0.1, -0.05) is 29.8 Å². The van der Waals surface area contributed by atoms with Crippen molar-refractivity contribution in [3.63, 3.8) is 0 Å². The average Bonchev–Trinajstić information content (AvgIpc) is 2.47. The van der Waals surface area contributed by atoms with Crippen molar-refractivity contribution in [1.82, 2.24) is 0 Å². The largest absolute Gasteiger partial charge is 0.384 e. The second kappa shape index (κ2) is 6.74. The molecule has 0 spiro atoms. The lowest BCUT2D eigenvalue weighted by Gasteiger charge is -2.08. The Labute approximate surface area is 125 Å². The first kappa shape index (κ1) is 15.5. The van der Waals surface area contributed by atoms with E-state index in [-0.39, 0.29) is 4.90 Å². The van der Waals surface area contributed by atoms with E-state index >= 15 is 0 Å². The van der Waals surface area contributed by atoms with Crippen LogP contribution >= 0.6 is 0 Å². The predicted molar refractivity (Wildman–Crippen MR) is 81.0 cm³/mol. The smallest absolute Gasteiger partial charge is 0.339 e. The predicted octanol–water partition coefficient (Wildman–Crippen LogP) is 2.95. The van der Waals surface area contributed by atoms with E-state index < -0.39 is 10.1 Å². The van der Waals surface area contributed by atoms with Crippen molar-refractivity contribution in [1.29, 1.82) is 0 Å². The van der Waals surface area contributed by atoms with Crippen molar-refractivity contribution in [3.05, 3.63) is 59.7 Å². The second-order valence-electron chi connectivity index (χ2n) is 4.74. The molecule has 4 nitrogen and oxygen atoms in total. The van der Waals surface area contributed by atoms with Crippen molar-refractivity contribution in [2.24, 2.45) is 0 Å². The van der Waals surface area contributed by atoms with Crippen LogP contribution in [0, 0.1) is 6.92 Å². The molecule has 0 unspecified atom stereocenters. The highest BCUT2D eigenvalue weighted by molar-refractivity contribution is 7.87. The minimum absolute atomic E-state index is 0.150. The summed E-state index contributed by atoms with van der Waals surface area (Å²) >= 11 is 0. The van der Waals surface area contributed by atoms with Gasteiger partial charge in [0, 0.05) is 7.11 Å². The summed E-state index contributed by atoms with van der Waals surface area (Å²) in [5.74, 6) is 0.303. The van der Waals surface area contributed by atoms with E-state index in [2.05, 4.69) is 0 Å². The Balaban J connectivity index is 2.11. The van der Waals surface area contributed by atoms with Crippen LogP contribution in [0.1, 0.15) is 11.1 Å². The highest BCUT2D eigenvalue weighted by Gasteiger charge is 2.16. The molecule has 112 valence electrons. The molecule has 2 aromatic carbocycles. The molecule has 0 aliphatic rings. The van der Waals surface area contributed by atoms with Crippen molar-refractivity contribution in [3.8, 4) is 5.75 Å². The summed E-state index contributed by atoms with van der Waals surface area (Å²) in [6.07, 6.45) is 0.779. The first-order valence-electron chi connectivity index (χ1n) is 6.60. The second-order valence-corrected chi connectivity index (χ2v) is 6.28. The third kappa shape index (κ3) is 4.31. The molecule has 0 heterocycles. The molecule has 0 bridgehead atoms. The normalized spacial score (nSPS) is 11.3. The lowest BCUT2D eigenvalue weighted by Crippen LogP contribution is -2.09. The van der Waals surface area contributed by atoms with Crippen molar-refractivity contribution < 1.29 is 17.3 Å². The number of aryl methyl sites for hydroxylation is 1. The first-order valence-corrected chi connectivity index (χ1v) is 8.01. The minimum atomic E-state index is -3.78. The number of rotatable bonds is 6. The van der Waals surface area contributed by atoms with Crippen LogP contribution in [-0.2, 0) is 21.3 Å². The molecule has 0 aliphatic carbocycles. The zero-order valence-corrected chi connectivity index (χ0v) is 12.9. The Morgan fingerprint density at radius 2 is 1.57 bits per heavy atom. The van der Waals surface area contributed by atoms with Gasteiger partial charge >= 0.3 is 10.1 Å². The molecule has 21 heavy (non-hydrogen) atoms. The quantitative estimate of drug-likeness (QED) is 0.770. The van der Waals surface area contributed by atoms with Crippen LogP contribution in [-0.4, -0.2) is 22.1 Å². The van der Waals surface area contributed by atoms with Crippen LogP contribution in [0.2, 0.25) is 0 Å². The van der Waals surface area contributed by atoms with Gasteiger partial charge in [0.25, 0.3) is 0 Å². The van der Waals surface area contributed by atoms with Crippen LogP contribution in [0.4, 0.5) is 0 Å². The van der Waals surface area contributed by atoms with Crippen LogP contribution in [0.3, 0.4) is 0 Å². The third-order valence-corrected chi connectivity index (χ3v) is 4.30. The van der Waals surface area contributed by atoms with E-state index in [0.717, 1.165) is 17.5 Å². The van der Waals surface area contributed by atoms with Crippen LogP contribution in [0.5, 0.6) is 5.75 Å². The lowest BCUT2D eigenvalue weighted by atomic mass is 10.1. The summed E-state index contributed by atoms with van der Waals surface area (Å²) in [6, 6.07) is 13.5. The van der Waals surface area contributed by atoms with Crippen molar-refractivity contribution >= 4 is 10.1 Å². The van der Waals surface area contributed by atoms with Crippen LogP contribution in [0.25, 0.3) is 0 Å². The van der Waals surface area contributed by atoms with Gasteiger partial charge in [0.05, 0.1) is 6.61 Å². The Kier molecular flexibility index (Phi) is 4.98. The van der Waals surface area contributed by atoms with Gasteiger partial charge < -0.3 is 8.92 Å². The highest BCUT2D eigenvalue weighted by Crippen LogP contribution is 2.19. The molecule has 0 saturated carbocycles. The van der Waals surface area contributed by atoms with Gasteiger partial charge in [0.1, 0.15) is 10.6 Å². The van der Waals surface area contributed by atoms with Gasteiger partial charge in [-0.05, 0) is 43.2 Å². The van der Waals surface area contributed by atoms with Crippen molar-refractivity contribution in [2.45, 2.75) is 18.2 Å². The van der Waals surface area contributed by atoms with E-state index in [9.17, 15) is 8.42 Å². The summed E-state index contributed by atoms with van der Waals surface area (Å²) in [5, 5.41) is 0. The van der Waals surface area contributed by atoms with Gasteiger partial charge in [-0.2, -0.15) is 8.42 Å². The van der Waals surface area contributed by atoms with Crippen LogP contribution in [0.15, 0.2) is 53.4 Å². The monoisotopic (exact) mass is 306 g/mol. The van der Waals surface area contributed by atoms with E-state index in [4.69, 9.17) is 8.92 Å². The molecule has 0 atom stereocenters. The fraction of sp³-hybridized carbons (Fsp3) is 0.250. The average molecular weight is 306 g/mol. The van der Waals surface area contributed by atoms with Gasteiger partial charge in [0.2, 0.25) is 0 Å². The SMILES string of the molecule is COCCc1ccc(OS(=O)(=O)c2ccc(C)cc2)cc1. The molecule has 0 saturated heterocycles. The fourth-order valence-corrected chi connectivity index (χ4v) is 2.74. The Bertz CT molecular complexity index is 673. The molecule has 0 amide bonds. The fourth-order valence-electron chi connectivity index (χ4n) is 1.81. The molecule has 0 N–H and O–H groups in total. The maximum atomic E-state index is 12.1. The summed E-state index contributed by atoms with van der Waals surface area (Å²) in [5.41, 5.74) is 2.06. The zero-order valence-electron chi connectivity index (χ0n) is 12.1. The van der Waals surface area contributed by atoms with Crippen molar-refractivity contribution in [2.75, 3.05) is 13.7 Å². The number of benzene rings is 2. The van der Waals surface area contributed by atoms with Crippen LogP contribution < -0.4 is 4.18 Å². The topological polar surface area (TPSA) is 52.6 Å². The summed E-state index contributed by atoms with van der Waals surface area (Å²) in [7, 11) is -2.14. The molecule has 0 radical (unpaired) electrons. The molecule has 0 aliphatic heterocycles. The standard InChI is InChI=1S/C16H18O4S/c1-13-3-9-16(10-4-13)21(17,18)20-15-7-5-14(6-8-15)11-12-19-2/h3-10H,11-12H2,1-2H3. The third-order valence-electron chi connectivity index (χ3n) is 3.03. The Morgan fingerprint density at radius 1 is 0.952 bits per heavy atom. The zero-order chi connectivity index (χ0) is 15.3. The molecule has 2 aromatic rings. The summed E-state index contributed by atoms with van der Waals surface area (Å²) < 4.78 is 34.4. The number of hydrogen-bond acceptors (Lipinski definition) is 4. The van der Waals surface area contributed by atoms with E-state index in [1.165, 1.54) is 12.1 Å². The molecular weight excluding hydrogens is 288 g/mol. The number of ether oxygens (including phenoxy) is 1. The van der Waals surface area contributed by atoms with Gasteiger partial charge in [0.15, 0.2) is 0 Å². The maximum Gasteiger partial charge on any atom is 0.339 e. The molecule has 2 rings (SSSR count). The maximum absolute atomic E-state index is 12.1. The first-order chi connectivity index (χ1) is 10.0. The van der Waals surface area contributed by atoms with Gasteiger partial charge in [-0.25, -0.2) is 0 Å². The minimum Gasteiger partial charge on any atom is -0.384 e. The van der Waals surface area contributed by atoms with Gasteiger partial charge in [-0.3, -0.25) is 0 Å². The number of hydrogen-bond donors (Lipinski definition) is 0. The Morgan fingerprint density at radius 3 is 2.14 bits per heavy atom. The number of methoxy groups -OCH3 is 1. The molecule has 5 heteroatoms. The van der Waals surface area contributed by atoms with E-state index in [1.807, 2.05) is 19.1 Å². The highest BCUT2D eigenvalue weighted by atomic mass is 32.2. The lowest BCUT2D eigenvalue weighted by molar-refractivity contribution is 0.202.